The van der Waals surface area contributed by atoms with Crippen LogP contribution in [0.4, 0.5) is 0 Å². The predicted molar refractivity (Wildman–Crippen MR) is 76.9 cm³/mol. The number of nitrogens with one attached hydrogen (secondary N) is 2. The van der Waals surface area contributed by atoms with Crippen molar-refractivity contribution in [2.75, 3.05) is 13.7 Å². The highest BCUT2D eigenvalue weighted by atomic mass is 35.5. The Morgan fingerprint density at radius 3 is 3.05 bits per heavy atom. The molecule has 1 aromatic rings. The second kappa shape index (κ2) is 7.70. The molecule has 0 radical (unpaired) electrons. The Hall–Kier alpha value is -1.66. The van der Waals surface area contributed by atoms with Crippen LogP contribution in [0.3, 0.4) is 0 Å². The summed E-state index contributed by atoms with van der Waals surface area (Å²) in [5.74, 6) is 0.948. The van der Waals surface area contributed by atoms with Gasteiger partial charge in [-0.05, 0) is 6.54 Å². The highest BCUT2D eigenvalue weighted by Gasteiger charge is 2.18. The Bertz CT molecular complexity index is 468. The van der Waals surface area contributed by atoms with Gasteiger partial charge >= 0.3 is 0 Å². The molecule has 1 unspecified atom stereocenters. The Labute approximate surface area is 117 Å². The van der Waals surface area contributed by atoms with Gasteiger partial charge in [0.2, 0.25) is 0 Å². The molecule has 1 heterocycles. The van der Waals surface area contributed by atoms with Gasteiger partial charge in [-0.1, -0.05) is 25.1 Å². The Morgan fingerprint density at radius 1 is 1.79 bits per heavy atom. The summed E-state index contributed by atoms with van der Waals surface area (Å²) in [6, 6.07) is 0. The third kappa shape index (κ3) is 4.18. The topological polar surface area (TPSA) is 75.3 Å². The average molecular weight is 284 g/mol. The zero-order chi connectivity index (χ0) is 14.3. The van der Waals surface area contributed by atoms with Crippen molar-refractivity contribution in [3.8, 4) is 0 Å². The summed E-state index contributed by atoms with van der Waals surface area (Å²) in [5.41, 5.74) is 0. The molecular formula is C12H18ClN5O. The van der Waals surface area contributed by atoms with Gasteiger partial charge in [-0.3, -0.25) is 10.7 Å². The first-order valence-corrected chi connectivity index (χ1v) is 6.24. The van der Waals surface area contributed by atoms with E-state index in [2.05, 4.69) is 21.9 Å². The molecule has 2 N–H and O–H groups in total. The van der Waals surface area contributed by atoms with Crippen LogP contribution in [0.25, 0.3) is 0 Å². The van der Waals surface area contributed by atoms with Gasteiger partial charge in [0.05, 0.1) is 19.7 Å². The van der Waals surface area contributed by atoms with Crippen LogP contribution < -0.4 is 5.32 Å². The summed E-state index contributed by atoms with van der Waals surface area (Å²) in [6.45, 7) is 6.29. The molecule has 0 aliphatic heterocycles. The molecule has 0 aromatic carbocycles. The standard InChI is InChI=1S/C12H18ClN5O/c1-4-15-9(8-10(19-3)16-5-2)18-7-6-17-12(18)11(13)14/h5-7,9,14-15H,2,4,8H2,1,3H3/b14-11?,16-10+. The van der Waals surface area contributed by atoms with Crippen LogP contribution >= 0.6 is 11.6 Å². The van der Waals surface area contributed by atoms with Crippen LogP contribution in [0, 0.1) is 5.41 Å². The SMILES string of the molecule is C=C/N=C(\CC(NCC)n1ccnc1C(=N)Cl)OC. The first-order chi connectivity index (χ1) is 9.13. The molecule has 1 aromatic heterocycles. The fourth-order valence-electron chi connectivity index (χ4n) is 1.69. The lowest BCUT2D eigenvalue weighted by Gasteiger charge is -2.21. The molecule has 7 heteroatoms. The molecule has 0 amide bonds. The molecule has 6 nitrogen and oxygen atoms in total. The molecule has 0 aliphatic carbocycles. The van der Waals surface area contributed by atoms with E-state index in [1.165, 1.54) is 6.20 Å². The molecule has 1 atom stereocenters. The third-order valence-corrected chi connectivity index (χ3v) is 2.65. The average Bonchev–Trinajstić information content (AvgIpc) is 2.86. The van der Waals surface area contributed by atoms with E-state index in [1.807, 2.05) is 6.92 Å². The molecule has 0 saturated carbocycles. The van der Waals surface area contributed by atoms with Crippen molar-refractivity contribution in [2.24, 2.45) is 4.99 Å². The molecule has 0 spiro atoms. The second-order valence-electron chi connectivity index (χ2n) is 3.66. The van der Waals surface area contributed by atoms with Gasteiger partial charge in [0.1, 0.15) is 0 Å². The number of aliphatic imine (C=N–C) groups is 1. The number of rotatable bonds is 7. The number of halogens is 1. The van der Waals surface area contributed by atoms with E-state index in [9.17, 15) is 0 Å². The van der Waals surface area contributed by atoms with Gasteiger partial charge in [-0.15, -0.1) is 0 Å². The maximum absolute atomic E-state index is 7.50. The van der Waals surface area contributed by atoms with Crippen LogP contribution in [0.15, 0.2) is 30.2 Å². The first kappa shape index (κ1) is 15.4. The highest BCUT2D eigenvalue weighted by Crippen LogP contribution is 2.14. The summed E-state index contributed by atoms with van der Waals surface area (Å²) in [6.07, 6.45) is 5.17. The minimum atomic E-state index is -0.139. The Balaban J connectivity index is 2.99. The summed E-state index contributed by atoms with van der Waals surface area (Å²) in [4.78, 5) is 8.11. The van der Waals surface area contributed by atoms with Crippen molar-refractivity contribution in [1.29, 1.82) is 5.41 Å². The van der Waals surface area contributed by atoms with Crippen LogP contribution in [-0.4, -0.2) is 34.3 Å². The number of nitrogens with zero attached hydrogens (tertiary/aromatic N) is 3. The van der Waals surface area contributed by atoms with Crippen molar-refractivity contribution in [3.05, 3.63) is 31.0 Å². The largest absolute Gasteiger partial charge is 0.484 e. The van der Waals surface area contributed by atoms with Crippen molar-refractivity contribution in [3.63, 3.8) is 0 Å². The van der Waals surface area contributed by atoms with Crippen molar-refractivity contribution in [2.45, 2.75) is 19.5 Å². The van der Waals surface area contributed by atoms with Gasteiger partial charge in [0.15, 0.2) is 16.9 Å². The van der Waals surface area contributed by atoms with Crippen molar-refractivity contribution in [1.82, 2.24) is 14.9 Å². The molecule has 0 saturated heterocycles. The normalized spacial score (nSPS) is 13.1. The number of aromatic nitrogens is 2. The van der Waals surface area contributed by atoms with E-state index >= 15 is 0 Å². The lowest BCUT2D eigenvalue weighted by Crippen LogP contribution is -2.30. The van der Waals surface area contributed by atoms with Crippen molar-refractivity contribution >= 4 is 22.7 Å². The van der Waals surface area contributed by atoms with Gasteiger partial charge in [0, 0.05) is 18.6 Å². The number of hydrogen-bond donors (Lipinski definition) is 2. The van der Waals surface area contributed by atoms with E-state index in [4.69, 9.17) is 21.7 Å². The quantitative estimate of drug-likeness (QED) is 0.595. The molecule has 0 bridgehead atoms. The molecular weight excluding hydrogens is 266 g/mol. The lowest BCUT2D eigenvalue weighted by molar-refractivity contribution is 0.349. The van der Waals surface area contributed by atoms with Crippen LogP contribution in [0.5, 0.6) is 0 Å². The number of hydrogen-bond acceptors (Lipinski definition) is 5. The zero-order valence-electron chi connectivity index (χ0n) is 11.1. The lowest BCUT2D eigenvalue weighted by atomic mass is 10.3. The molecule has 1 rings (SSSR count). The van der Waals surface area contributed by atoms with E-state index < -0.39 is 0 Å². The molecule has 19 heavy (non-hydrogen) atoms. The van der Waals surface area contributed by atoms with Gasteiger partial charge in [-0.25, -0.2) is 9.98 Å². The molecule has 0 fully saturated rings. The van der Waals surface area contributed by atoms with E-state index in [-0.39, 0.29) is 11.3 Å². The monoisotopic (exact) mass is 283 g/mol. The molecule has 0 aliphatic rings. The van der Waals surface area contributed by atoms with Crippen LogP contribution in [0.2, 0.25) is 0 Å². The van der Waals surface area contributed by atoms with Crippen molar-refractivity contribution < 1.29 is 4.74 Å². The summed E-state index contributed by atoms with van der Waals surface area (Å²) >= 11 is 5.72. The smallest absolute Gasteiger partial charge is 0.190 e. The van der Waals surface area contributed by atoms with Gasteiger partial charge < -0.3 is 9.30 Å². The minimum absolute atomic E-state index is 0.104. The maximum atomic E-state index is 7.50. The molecule has 104 valence electrons. The first-order valence-electron chi connectivity index (χ1n) is 5.86. The van der Waals surface area contributed by atoms with Crippen LogP contribution in [0.1, 0.15) is 25.3 Å². The Morgan fingerprint density at radius 2 is 2.53 bits per heavy atom. The zero-order valence-corrected chi connectivity index (χ0v) is 11.8. The van der Waals surface area contributed by atoms with Gasteiger partial charge in [-0.2, -0.15) is 0 Å². The van der Waals surface area contributed by atoms with Crippen LogP contribution in [-0.2, 0) is 4.74 Å². The highest BCUT2D eigenvalue weighted by molar-refractivity contribution is 6.68. The summed E-state index contributed by atoms with van der Waals surface area (Å²) in [5, 5.41) is 10.7. The Kier molecular flexibility index (Phi) is 6.24. The number of methoxy groups -OCH3 is 1. The van der Waals surface area contributed by atoms with Gasteiger partial charge in [0.25, 0.3) is 0 Å². The second-order valence-corrected chi connectivity index (χ2v) is 4.04. The van der Waals surface area contributed by atoms with E-state index in [1.54, 1.807) is 24.1 Å². The minimum Gasteiger partial charge on any atom is -0.484 e. The van der Waals surface area contributed by atoms with E-state index in [0.29, 0.717) is 18.1 Å². The fraction of sp³-hybridized carbons (Fsp3) is 0.417. The number of imidazole rings is 1. The maximum Gasteiger partial charge on any atom is 0.190 e. The predicted octanol–water partition coefficient (Wildman–Crippen LogP) is 2.13. The van der Waals surface area contributed by atoms with E-state index in [0.717, 1.165) is 6.54 Å². The summed E-state index contributed by atoms with van der Waals surface area (Å²) < 4.78 is 6.97. The number of ether oxygens (including phenoxy) is 1. The summed E-state index contributed by atoms with van der Waals surface area (Å²) in [7, 11) is 1.56. The fourth-order valence-corrected chi connectivity index (χ4v) is 1.84. The third-order valence-electron chi connectivity index (χ3n) is 2.48.